The van der Waals surface area contributed by atoms with Crippen LogP contribution in [0, 0.1) is 5.92 Å². The summed E-state index contributed by atoms with van der Waals surface area (Å²) in [6, 6.07) is 0. The van der Waals surface area contributed by atoms with Crippen molar-refractivity contribution in [3.05, 3.63) is 12.2 Å². The summed E-state index contributed by atoms with van der Waals surface area (Å²) < 4.78 is 5.06. The Kier molecular flexibility index (Phi) is 5.89. The van der Waals surface area contributed by atoms with Crippen LogP contribution in [0.25, 0.3) is 0 Å². The summed E-state index contributed by atoms with van der Waals surface area (Å²) in [5.41, 5.74) is 0.0819. The van der Waals surface area contributed by atoms with E-state index in [1.54, 1.807) is 0 Å². The zero-order valence-corrected chi connectivity index (χ0v) is 11.0. The smallest absolute Gasteiger partial charge is 0.334 e. The molecule has 1 aliphatic heterocycles. The lowest BCUT2D eigenvalue weighted by Crippen LogP contribution is -2.24. The van der Waals surface area contributed by atoms with E-state index < -0.39 is 24.0 Å². The third kappa shape index (κ3) is 3.86. The number of rotatable bonds is 8. The molecule has 1 N–H and O–H groups in total. The highest BCUT2D eigenvalue weighted by Gasteiger charge is 2.42. The van der Waals surface area contributed by atoms with Crippen LogP contribution in [-0.2, 0) is 14.3 Å². The molecule has 0 aromatic rings. The lowest BCUT2D eigenvalue weighted by molar-refractivity contribution is -0.144. The molecule has 0 spiro atoms. The summed E-state index contributed by atoms with van der Waals surface area (Å²) in [5, 5.41) is 9.05. The Morgan fingerprint density at radius 1 is 1.28 bits per heavy atom. The molecule has 1 saturated heterocycles. The van der Waals surface area contributed by atoms with Crippen molar-refractivity contribution in [3.63, 3.8) is 0 Å². The minimum atomic E-state index is -1.01. The zero-order chi connectivity index (χ0) is 13.5. The second-order valence-corrected chi connectivity index (χ2v) is 4.84. The normalized spacial score (nSPS) is 23.2. The first-order valence-corrected chi connectivity index (χ1v) is 6.70. The van der Waals surface area contributed by atoms with Gasteiger partial charge in [-0.05, 0) is 12.8 Å². The van der Waals surface area contributed by atoms with Crippen LogP contribution in [0.2, 0.25) is 0 Å². The molecule has 1 rings (SSSR count). The number of ether oxygens (including phenoxy) is 1. The van der Waals surface area contributed by atoms with Crippen LogP contribution >= 0.6 is 0 Å². The van der Waals surface area contributed by atoms with E-state index >= 15 is 0 Å². The first-order valence-electron chi connectivity index (χ1n) is 6.70. The minimum Gasteiger partial charge on any atom is -0.481 e. The van der Waals surface area contributed by atoms with Gasteiger partial charge in [0.1, 0.15) is 12.0 Å². The highest BCUT2D eigenvalue weighted by Crippen LogP contribution is 2.30. The van der Waals surface area contributed by atoms with Gasteiger partial charge in [0.15, 0.2) is 0 Å². The molecule has 0 aromatic carbocycles. The number of cyclic esters (lactones) is 1. The standard InChI is InChI=1S/C14H22O4/c1-3-4-5-6-7-8-9-11-12(13(15)16)10(2)14(17)18-11/h11-12H,2-9H2,1H3,(H,15,16)/t11-,12?/m1/s1. The van der Waals surface area contributed by atoms with Crippen LogP contribution in [0.3, 0.4) is 0 Å². The number of carbonyl (C=O) groups excluding carboxylic acids is 1. The Labute approximate surface area is 108 Å². The van der Waals surface area contributed by atoms with Gasteiger partial charge in [0.2, 0.25) is 0 Å². The van der Waals surface area contributed by atoms with E-state index in [1.165, 1.54) is 19.3 Å². The molecule has 0 aliphatic carbocycles. The van der Waals surface area contributed by atoms with Gasteiger partial charge >= 0.3 is 11.9 Å². The van der Waals surface area contributed by atoms with Gasteiger partial charge in [-0.25, -0.2) is 4.79 Å². The number of carboxylic acids is 1. The molecule has 102 valence electrons. The molecule has 0 aromatic heterocycles. The van der Waals surface area contributed by atoms with E-state index in [1.807, 2.05) is 0 Å². The van der Waals surface area contributed by atoms with Crippen LogP contribution in [0.5, 0.6) is 0 Å². The van der Waals surface area contributed by atoms with Crippen molar-refractivity contribution in [2.75, 3.05) is 0 Å². The molecule has 18 heavy (non-hydrogen) atoms. The van der Waals surface area contributed by atoms with Crippen LogP contribution in [0.1, 0.15) is 51.9 Å². The van der Waals surface area contributed by atoms with E-state index in [0.717, 1.165) is 19.3 Å². The molecule has 1 fully saturated rings. The van der Waals surface area contributed by atoms with Crippen molar-refractivity contribution in [3.8, 4) is 0 Å². The number of carbonyl (C=O) groups is 2. The maximum absolute atomic E-state index is 11.3. The number of carboxylic acid groups (broad SMARTS) is 1. The van der Waals surface area contributed by atoms with E-state index in [9.17, 15) is 9.59 Å². The maximum Gasteiger partial charge on any atom is 0.334 e. The topological polar surface area (TPSA) is 63.6 Å². The monoisotopic (exact) mass is 254 g/mol. The average Bonchev–Trinajstić information content (AvgIpc) is 2.59. The number of esters is 1. The zero-order valence-electron chi connectivity index (χ0n) is 11.0. The van der Waals surface area contributed by atoms with Gasteiger partial charge in [-0.2, -0.15) is 0 Å². The predicted octanol–water partition coefficient (Wildman–Crippen LogP) is 2.92. The van der Waals surface area contributed by atoms with Gasteiger partial charge in [-0.3, -0.25) is 4.79 Å². The van der Waals surface area contributed by atoms with Crippen molar-refractivity contribution < 1.29 is 19.4 Å². The molecule has 0 bridgehead atoms. The van der Waals surface area contributed by atoms with E-state index in [0.29, 0.717) is 6.42 Å². The average molecular weight is 254 g/mol. The first kappa shape index (κ1) is 14.7. The molecular formula is C14H22O4. The number of hydrogen-bond acceptors (Lipinski definition) is 3. The van der Waals surface area contributed by atoms with Gasteiger partial charge in [0.25, 0.3) is 0 Å². The fourth-order valence-electron chi connectivity index (χ4n) is 2.29. The van der Waals surface area contributed by atoms with Crippen molar-refractivity contribution in [1.82, 2.24) is 0 Å². The first-order chi connectivity index (χ1) is 8.57. The van der Waals surface area contributed by atoms with Gasteiger partial charge in [-0.15, -0.1) is 0 Å². The summed E-state index contributed by atoms with van der Waals surface area (Å²) in [5.74, 6) is -2.42. The Balaban J connectivity index is 2.30. The molecule has 4 nitrogen and oxygen atoms in total. The largest absolute Gasteiger partial charge is 0.481 e. The van der Waals surface area contributed by atoms with Crippen molar-refractivity contribution in [1.29, 1.82) is 0 Å². The van der Waals surface area contributed by atoms with Crippen LogP contribution < -0.4 is 0 Å². The van der Waals surface area contributed by atoms with Crippen molar-refractivity contribution >= 4 is 11.9 Å². The van der Waals surface area contributed by atoms with Gasteiger partial charge in [0.05, 0.1) is 0 Å². The van der Waals surface area contributed by atoms with Crippen LogP contribution in [-0.4, -0.2) is 23.1 Å². The summed E-state index contributed by atoms with van der Waals surface area (Å²) in [4.78, 5) is 22.3. The fourth-order valence-corrected chi connectivity index (χ4v) is 2.29. The fraction of sp³-hybridized carbons (Fsp3) is 0.714. The molecule has 1 heterocycles. The van der Waals surface area contributed by atoms with E-state index in [4.69, 9.17) is 9.84 Å². The lowest BCUT2D eigenvalue weighted by Gasteiger charge is -2.13. The number of aliphatic carboxylic acids is 1. The van der Waals surface area contributed by atoms with Gasteiger partial charge in [0, 0.05) is 5.57 Å². The summed E-state index contributed by atoms with van der Waals surface area (Å²) in [7, 11) is 0. The molecule has 1 aliphatic rings. The van der Waals surface area contributed by atoms with Crippen LogP contribution in [0.4, 0.5) is 0 Å². The minimum absolute atomic E-state index is 0.0819. The van der Waals surface area contributed by atoms with Crippen molar-refractivity contribution in [2.45, 2.75) is 58.0 Å². The predicted molar refractivity (Wildman–Crippen MR) is 68.1 cm³/mol. The number of hydrogen-bond donors (Lipinski definition) is 1. The SMILES string of the molecule is C=C1C(=O)O[C@H](CCCCCCCC)C1C(=O)O. The van der Waals surface area contributed by atoms with Crippen molar-refractivity contribution in [2.24, 2.45) is 5.92 Å². The summed E-state index contributed by atoms with van der Waals surface area (Å²) in [6.45, 7) is 5.67. The Morgan fingerprint density at radius 3 is 2.50 bits per heavy atom. The quantitative estimate of drug-likeness (QED) is 0.411. The van der Waals surface area contributed by atoms with Gasteiger partial charge in [-0.1, -0.05) is 45.6 Å². The molecule has 4 heteroatoms. The molecule has 0 saturated carbocycles. The molecule has 2 atom stereocenters. The highest BCUT2D eigenvalue weighted by atomic mass is 16.6. The Hall–Kier alpha value is -1.32. The van der Waals surface area contributed by atoms with Gasteiger partial charge < -0.3 is 9.84 Å². The Bertz CT molecular complexity index is 322. The summed E-state index contributed by atoms with van der Waals surface area (Å²) >= 11 is 0. The summed E-state index contributed by atoms with van der Waals surface area (Å²) in [6.07, 6.45) is 6.89. The third-order valence-corrected chi connectivity index (χ3v) is 3.38. The Morgan fingerprint density at radius 2 is 1.89 bits per heavy atom. The molecule has 0 amide bonds. The third-order valence-electron chi connectivity index (χ3n) is 3.38. The highest BCUT2D eigenvalue weighted by molar-refractivity contribution is 5.97. The number of unbranched alkanes of at least 4 members (excludes halogenated alkanes) is 5. The molecular weight excluding hydrogens is 232 g/mol. The van der Waals surface area contributed by atoms with Crippen LogP contribution in [0.15, 0.2) is 12.2 Å². The maximum atomic E-state index is 11.3. The second kappa shape index (κ2) is 7.19. The van der Waals surface area contributed by atoms with E-state index in [2.05, 4.69) is 13.5 Å². The molecule has 0 radical (unpaired) electrons. The second-order valence-electron chi connectivity index (χ2n) is 4.84. The lowest BCUT2D eigenvalue weighted by atomic mass is 9.93. The van der Waals surface area contributed by atoms with E-state index in [-0.39, 0.29) is 5.57 Å². The molecule has 1 unspecified atom stereocenters.